The van der Waals surface area contributed by atoms with Crippen LogP contribution < -0.4 is 9.46 Å². The maximum atomic E-state index is 13.3. The number of rotatable bonds is 6. The minimum atomic E-state index is -3.90. The molecule has 0 saturated carbocycles. The van der Waals surface area contributed by atoms with E-state index in [2.05, 4.69) is 20.0 Å². The van der Waals surface area contributed by atoms with Crippen molar-refractivity contribution in [3.63, 3.8) is 0 Å². The number of nitrogens with zero attached hydrogens (tertiary/aromatic N) is 4. The lowest BCUT2D eigenvalue weighted by Crippen LogP contribution is -2.13. The van der Waals surface area contributed by atoms with E-state index in [9.17, 15) is 12.8 Å². The zero-order valence-electron chi connectivity index (χ0n) is 14.8. The lowest BCUT2D eigenvalue weighted by molar-refractivity contribution is 0.454. The van der Waals surface area contributed by atoms with Crippen molar-refractivity contribution in [2.75, 3.05) is 4.72 Å². The molecular weight excluding hydrogens is 397 g/mol. The first kappa shape index (κ1) is 18.6. The molecule has 29 heavy (non-hydrogen) atoms. The first-order valence-electron chi connectivity index (χ1n) is 8.40. The monoisotopic (exact) mass is 411 g/mol. The zero-order chi connectivity index (χ0) is 20.3. The largest absolute Gasteiger partial charge is 0.438 e. The molecular formula is C19H14FN5O3S. The Morgan fingerprint density at radius 2 is 1.79 bits per heavy atom. The second-order valence-electron chi connectivity index (χ2n) is 5.87. The molecule has 0 amide bonds. The Kier molecular flexibility index (Phi) is 4.92. The predicted octanol–water partition coefficient (Wildman–Crippen LogP) is 3.39. The average molecular weight is 411 g/mol. The van der Waals surface area contributed by atoms with Crippen LogP contribution in [0, 0.1) is 5.82 Å². The normalized spacial score (nSPS) is 11.2. The Balaban J connectivity index is 1.44. The Hall–Kier alpha value is -3.79. The third-order valence-electron chi connectivity index (χ3n) is 3.80. The highest BCUT2D eigenvalue weighted by molar-refractivity contribution is 7.92. The van der Waals surface area contributed by atoms with Gasteiger partial charge in [0.05, 0.1) is 4.90 Å². The van der Waals surface area contributed by atoms with E-state index in [1.54, 1.807) is 47.4 Å². The van der Waals surface area contributed by atoms with Crippen LogP contribution in [0.15, 0.2) is 84.0 Å². The molecule has 0 bridgehead atoms. The standard InChI is InChI=1S/C19H14FN5O3S/c20-14-3-1-4-17(13-14)29(26,27)24-15-5-7-16(8-6-15)28-19-10-9-18(22-23-19)25-12-2-11-21-25/h1-13,24H. The number of anilines is 1. The zero-order valence-corrected chi connectivity index (χ0v) is 15.6. The summed E-state index contributed by atoms with van der Waals surface area (Å²) in [6.45, 7) is 0. The molecule has 0 unspecified atom stereocenters. The van der Waals surface area contributed by atoms with Gasteiger partial charge in [-0.05, 0) is 54.6 Å². The Labute approximate surface area is 165 Å². The molecule has 2 aromatic carbocycles. The molecule has 4 rings (SSSR count). The quantitative estimate of drug-likeness (QED) is 0.522. The van der Waals surface area contributed by atoms with Crippen molar-refractivity contribution in [1.82, 2.24) is 20.0 Å². The molecule has 2 aromatic heterocycles. The van der Waals surface area contributed by atoms with E-state index in [0.29, 0.717) is 17.3 Å². The summed E-state index contributed by atoms with van der Waals surface area (Å²) in [5.41, 5.74) is 0.307. The highest BCUT2D eigenvalue weighted by Crippen LogP contribution is 2.23. The van der Waals surface area contributed by atoms with Crippen molar-refractivity contribution in [3.05, 3.63) is 84.9 Å². The molecule has 0 aliphatic heterocycles. The maximum absolute atomic E-state index is 13.3. The van der Waals surface area contributed by atoms with Gasteiger partial charge >= 0.3 is 0 Å². The molecule has 0 radical (unpaired) electrons. The van der Waals surface area contributed by atoms with Crippen LogP contribution >= 0.6 is 0 Å². The van der Waals surface area contributed by atoms with Crippen LogP contribution in [-0.4, -0.2) is 28.4 Å². The van der Waals surface area contributed by atoms with E-state index < -0.39 is 15.8 Å². The molecule has 0 aliphatic rings. The first-order chi connectivity index (χ1) is 14.0. The summed E-state index contributed by atoms with van der Waals surface area (Å²) >= 11 is 0. The van der Waals surface area contributed by atoms with Crippen LogP contribution in [0.4, 0.5) is 10.1 Å². The summed E-state index contributed by atoms with van der Waals surface area (Å²) in [5, 5.41) is 12.1. The maximum Gasteiger partial charge on any atom is 0.261 e. The summed E-state index contributed by atoms with van der Waals surface area (Å²) in [6, 6.07) is 16.1. The third kappa shape index (κ3) is 4.38. The van der Waals surface area contributed by atoms with Gasteiger partial charge in [-0.25, -0.2) is 17.5 Å². The van der Waals surface area contributed by atoms with Gasteiger partial charge in [-0.15, -0.1) is 10.2 Å². The molecule has 0 aliphatic carbocycles. The molecule has 0 spiro atoms. The molecule has 146 valence electrons. The van der Waals surface area contributed by atoms with Crippen LogP contribution in [-0.2, 0) is 10.0 Å². The van der Waals surface area contributed by atoms with Crippen molar-refractivity contribution in [2.24, 2.45) is 0 Å². The number of ether oxygens (including phenoxy) is 1. The molecule has 1 N–H and O–H groups in total. The van der Waals surface area contributed by atoms with Gasteiger partial charge in [-0.1, -0.05) is 6.07 Å². The van der Waals surface area contributed by atoms with Gasteiger partial charge in [0, 0.05) is 24.1 Å². The molecule has 4 aromatic rings. The summed E-state index contributed by atoms with van der Waals surface area (Å²) in [5.74, 6) is 0.634. The Bertz CT molecular complexity index is 1210. The second kappa shape index (κ2) is 7.68. The molecule has 0 saturated heterocycles. The average Bonchev–Trinajstić information content (AvgIpc) is 3.25. The van der Waals surface area contributed by atoms with E-state index in [1.807, 2.05) is 0 Å². The highest BCUT2D eigenvalue weighted by Gasteiger charge is 2.15. The van der Waals surface area contributed by atoms with Gasteiger partial charge in [0.2, 0.25) is 5.88 Å². The lowest BCUT2D eigenvalue weighted by atomic mass is 10.3. The van der Waals surface area contributed by atoms with Crippen molar-refractivity contribution < 1.29 is 17.5 Å². The molecule has 8 nitrogen and oxygen atoms in total. The Morgan fingerprint density at radius 1 is 0.966 bits per heavy atom. The number of aromatic nitrogens is 4. The van der Waals surface area contributed by atoms with Crippen molar-refractivity contribution >= 4 is 15.7 Å². The van der Waals surface area contributed by atoms with Crippen molar-refractivity contribution in [3.8, 4) is 17.4 Å². The van der Waals surface area contributed by atoms with E-state index in [1.165, 1.54) is 30.3 Å². The summed E-state index contributed by atoms with van der Waals surface area (Å²) in [6.07, 6.45) is 3.38. The highest BCUT2D eigenvalue weighted by atomic mass is 32.2. The number of hydrogen-bond acceptors (Lipinski definition) is 6. The number of benzene rings is 2. The molecule has 10 heteroatoms. The van der Waals surface area contributed by atoms with Crippen molar-refractivity contribution in [2.45, 2.75) is 4.90 Å². The van der Waals surface area contributed by atoms with Crippen molar-refractivity contribution in [1.29, 1.82) is 0 Å². The predicted molar refractivity (Wildman–Crippen MR) is 103 cm³/mol. The fraction of sp³-hybridized carbons (Fsp3) is 0. The van der Waals surface area contributed by atoms with Crippen LogP contribution in [0.3, 0.4) is 0 Å². The van der Waals surface area contributed by atoms with Crippen LogP contribution in [0.5, 0.6) is 11.6 Å². The first-order valence-corrected chi connectivity index (χ1v) is 9.88. The van der Waals surface area contributed by atoms with E-state index in [4.69, 9.17) is 4.74 Å². The molecule has 2 heterocycles. The third-order valence-corrected chi connectivity index (χ3v) is 5.18. The van der Waals surface area contributed by atoms with Gasteiger partial charge in [-0.2, -0.15) is 5.10 Å². The Morgan fingerprint density at radius 3 is 2.45 bits per heavy atom. The number of hydrogen-bond donors (Lipinski definition) is 1. The van der Waals surface area contributed by atoms with Gasteiger partial charge in [0.1, 0.15) is 11.6 Å². The van der Waals surface area contributed by atoms with Gasteiger partial charge in [-0.3, -0.25) is 4.72 Å². The van der Waals surface area contributed by atoms with Gasteiger partial charge < -0.3 is 4.74 Å². The smallest absolute Gasteiger partial charge is 0.261 e. The fourth-order valence-corrected chi connectivity index (χ4v) is 3.54. The summed E-state index contributed by atoms with van der Waals surface area (Å²) < 4.78 is 47.5. The number of halogens is 1. The van der Waals surface area contributed by atoms with E-state index in [-0.39, 0.29) is 10.8 Å². The van der Waals surface area contributed by atoms with E-state index >= 15 is 0 Å². The topological polar surface area (TPSA) is 99.0 Å². The minimum absolute atomic E-state index is 0.162. The number of nitrogens with one attached hydrogen (secondary N) is 1. The van der Waals surface area contributed by atoms with Crippen LogP contribution in [0.1, 0.15) is 0 Å². The van der Waals surface area contributed by atoms with Gasteiger partial charge in [0.25, 0.3) is 10.0 Å². The lowest BCUT2D eigenvalue weighted by Gasteiger charge is -2.09. The number of sulfonamides is 1. The second-order valence-corrected chi connectivity index (χ2v) is 7.55. The summed E-state index contributed by atoms with van der Waals surface area (Å²) in [7, 11) is -3.90. The fourth-order valence-electron chi connectivity index (χ4n) is 2.45. The SMILES string of the molecule is O=S(=O)(Nc1ccc(Oc2ccc(-n3cccn3)nn2)cc1)c1cccc(F)c1. The van der Waals surface area contributed by atoms with Crippen LogP contribution in [0.25, 0.3) is 5.82 Å². The van der Waals surface area contributed by atoms with Gasteiger partial charge in [0.15, 0.2) is 5.82 Å². The summed E-state index contributed by atoms with van der Waals surface area (Å²) in [4.78, 5) is -0.162. The molecule has 0 fully saturated rings. The van der Waals surface area contributed by atoms with E-state index in [0.717, 1.165) is 6.07 Å². The minimum Gasteiger partial charge on any atom is -0.438 e. The molecule has 0 atom stereocenters. The van der Waals surface area contributed by atoms with Crippen LogP contribution in [0.2, 0.25) is 0 Å².